The predicted molar refractivity (Wildman–Crippen MR) is 70.3 cm³/mol. The molecule has 0 saturated heterocycles. The molecule has 0 atom stereocenters. The van der Waals surface area contributed by atoms with E-state index in [9.17, 15) is 0 Å². The number of thiol groups is 1. The van der Waals surface area contributed by atoms with E-state index in [1.54, 1.807) is 21.3 Å². The molecule has 1 rings (SSSR count). The van der Waals surface area contributed by atoms with Crippen LogP contribution in [0.15, 0.2) is 18.2 Å². The highest BCUT2D eigenvalue weighted by Gasteiger charge is 2.42. The van der Waals surface area contributed by atoms with E-state index in [2.05, 4.69) is 18.7 Å². The van der Waals surface area contributed by atoms with Crippen LogP contribution in [-0.2, 0) is 19.0 Å². The fourth-order valence-corrected chi connectivity index (χ4v) is 4.14. The highest BCUT2D eigenvalue weighted by Crippen LogP contribution is 2.13. The molecule has 1 aromatic carbocycles. The zero-order valence-corrected chi connectivity index (χ0v) is 12.0. The van der Waals surface area contributed by atoms with Gasteiger partial charge in [-0.2, -0.15) is 12.6 Å². The third kappa shape index (κ3) is 2.49. The molecule has 0 aliphatic rings. The molecule has 3 nitrogen and oxygen atoms in total. The summed E-state index contributed by atoms with van der Waals surface area (Å²) in [5, 5.41) is 0.987. The molecule has 90 valence electrons. The molecule has 0 aromatic heterocycles. The molecular weight excluding hydrogens is 240 g/mol. The van der Waals surface area contributed by atoms with Crippen LogP contribution >= 0.6 is 12.6 Å². The van der Waals surface area contributed by atoms with E-state index < -0.39 is 8.80 Å². The molecular formula is C11H18O3SSi. The topological polar surface area (TPSA) is 27.7 Å². The van der Waals surface area contributed by atoms with E-state index >= 15 is 0 Å². The van der Waals surface area contributed by atoms with Gasteiger partial charge in [0.2, 0.25) is 0 Å². The second-order valence-corrected chi connectivity index (χ2v) is 6.68. The monoisotopic (exact) mass is 258 g/mol. The molecule has 0 amide bonds. The quantitative estimate of drug-likeness (QED) is 0.641. The van der Waals surface area contributed by atoms with Crippen LogP contribution in [0.25, 0.3) is 0 Å². The summed E-state index contributed by atoms with van der Waals surface area (Å²) in [6.07, 6.45) is 0. The Labute approximate surface area is 104 Å². The van der Waals surface area contributed by atoms with Crippen LogP contribution in [0.2, 0.25) is 0 Å². The third-order valence-electron chi connectivity index (χ3n) is 2.57. The van der Waals surface area contributed by atoms with Gasteiger partial charge >= 0.3 is 8.80 Å². The number of aryl methyl sites for hydroxylation is 1. The lowest BCUT2D eigenvalue weighted by molar-refractivity contribution is 0.140. The minimum atomic E-state index is -2.73. The first-order valence-electron chi connectivity index (χ1n) is 4.99. The standard InChI is InChI=1S/C11H18O3SSi/c1-9-5-6-11(10(7-9)8-15)16(12-2,13-3)14-4/h5-7,15H,8H2,1-4H3. The van der Waals surface area contributed by atoms with Gasteiger partial charge in [0.1, 0.15) is 0 Å². The first kappa shape index (κ1) is 13.7. The normalized spacial score (nSPS) is 11.8. The fraction of sp³-hybridized carbons (Fsp3) is 0.455. The summed E-state index contributed by atoms with van der Waals surface area (Å²) >= 11 is 4.33. The Balaban J connectivity index is 3.28. The molecule has 0 aliphatic heterocycles. The first-order chi connectivity index (χ1) is 7.63. The molecule has 0 fully saturated rings. The van der Waals surface area contributed by atoms with Crippen molar-refractivity contribution in [1.82, 2.24) is 0 Å². The van der Waals surface area contributed by atoms with Gasteiger partial charge in [-0.1, -0.05) is 23.8 Å². The lowest BCUT2D eigenvalue weighted by atomic mass is 10.2. The SMILES string of the molecule is CO[Si](OC)(OC)c1ccc(C)cc1CS. The smallest absolute Gasteiger partial charge is 0.373 e. The van der Waals surface area contributed by atoms with Crippen molar-refractivity contribution < 1.29 is 13.3 Å². The van der Waals surface area contributed by atoms with Gasteiger partial charge in [-0.05, 0) is 12.5 Å². The Hall–Kier alpha value is -0.333. The van der Waals surface area contributed by atoms with Crippen LogP contribution in [0.5, 0.6) is 0 Å². The summed E-state index contributed by atoms with van der Waals surface area (Å²) in [7, 11) is 2.11. The van der Waals surface area contributed by atoms with Crippen LogP contribution in [0.3, 0.4) is 0 Å². The first-order valence-corrected chi connectivity index (χ1v) is 7.35. The zero-order valence-electron chi connectivity index (χ0n) is 10.1. The molecule has 0 N–H and O–H groups in total. The van der Waals surface area contributed by atoms with Gasteiger partial charge in [0, 0.05) is 32.3 Å². The number of rotatable bonds is 5. The largest absolute Gasteiger partial charge is 0.536 e. The zero-order chi connectivity index (χ0) is 12.2. The second-order valence-electron chi connectivity index (χ2n) is 3.49. The highest BCUT2D eigenvalue weighted by atomic mass is 32.1. The number of hydrogen-bond donors (Lipinski definition) is 1. The molecule has 0 bridgehead atoms. The maximum absolute atomic E-state index is 5.47. The minimum absolute atomic E-state index is 0.641. The van der Waals surface area contributed by atoms with Crippen LogP contribution in [0.1, 0.15) is 11.1 Å². The molecule has 0 saturated carbocycles. The van der Waals surface area contributed by atoms with Crippen molar-refractivity contribution in [3.05, 3.63) is 29.3 Å². The van der Waals surface area contributed by atoms with E-state index in [4.69, 9.17) is 13.3 Å². The van der Waals surface area contributed by atoms with Crippen LogP contribution in [-0.4, -0.2) is 30.1 Å². The Bertz CT molecular complexity index is 345. The summed E-state index contributed by atoms with van der Waals surface area (Å²) in [5.74, 6) is 0.641. The molecule has 1 aromatic rings. The van der Waals surface area contributed by atoms with Crippen molar-refractivity contribution in [1.29, 1.82) is 0 Å². The summed E-state index contributed by atoms with van der Waals surface area (Å²) in [6.45, 7) is 2.05. The van der Waals surface area contributed by atoms with Gasteiger partial charge in [-0.15, -0.1) is 0 Å². The molecule has 0 spiro atoms. The second kappa shape index (κ2) is 5.84. The fourth-order valence-electron chi connectivity index (χ4n) is 1.73. The lowest BCUT2D eigenvalue weighted by Gasteiger charge is -2.26. The Morgan fingerprint density at radius 1 is 1.12 bits per heavy atom. The molecule has 0 radical (unpaired) electrons. The summed E-state index contributed by atoms with van der Waals surface area (Å²) < 4.78 is 16.4. The molecule has 5 heteroatoms. The van der Waals surface area contributed by atoms with Crippen LogP contribution in [0.4, 0.5) is 0 Å². The van der Waals surface area contributed by atoms with Crippen molar-refractivity contribution in [2.75, 3.05) is 21.3 Å². The molecule has 16 heavy (non-hydrogen) atoms. The maximum atomic E-state index is 5.47. The van der Waals surface area contributed by atoms with Crippen LogP contribution < -0.4 is 5.19 Å². The number of benzene rings is 1. The van der Waals surface area contributed by atoms with Gasteiger partial charge in [-0.3, -0.25) is 0 Å². The maximum Gasteiger partial charge on any atom is 0.536 e. The van der Waals surface area contributed by atoms with E-state index in [0.717, 1.165) is 10.8 Å². The van der Waals surface area contributed by atoms with E-state index in [0.29, 0.717) is 5.75 Å². The van der Waals surface area contributed by atoms with Crippen molar-refractivity contribution >= 4 is 26.6 Å². The highest BCUT2D eigenvalue weighted by molar-refractivity contribution is 7.79. The van der Waals surface area contributed by atoms with E-state index in [1.165, 1.54) is 5.56 Å². The van der Waals surface area contributed by atoms with Gasteiger partial charge < -0.3 is 13.3 Å². The Kier molecular flexibility index (Phi) is 5.01. The van der Waals surface area contributed by atoms with Crippen molar-refractivity contribution in [2.45, 2.75) is 12.7 Å². The molecule has 0 aliphatic carbocycles. The van der Waals surface area contributed by atoms with Crippen molar-refractivity contribution in [3.63, 3.8) is 0 Å². The molecule has 0 unspecified atom stereocenters. The van der Waals surface area contributed by atoms with Gasteiger partial charge in [0.15, 0.2) is 0 Å². The predicted octanol–water partition coefficient (Wildman–Crippen LogP) is 1.51. The minimum Gasteiger partial charge on any atom is -0.373 e. The Morgan fingerprint density at radius 3 is 2.12 bits per heavy atom. The number of hydrogen-bond acceptors (Lipinski definition) is 4. The molecule has 0 heterocycles. The van der Waals surface area contributed by atoms with Crippen molar-refractivity contribution in [3.8, 4) is 0 Å². The van der Waals surface area contributed by atoms with Crippen molar-refractivity contribution in [2.24, 2.45) is 0 Å². The Morgan fingerprint density at radius 2 is 1.69 bits per heavy atom. The summed E-state index contributed by atoms with van der Waals surface area (Å²) in [4.78, 5) is 0. The average molecular weight is 258 g/mol. The van der Waals surface area contributed by atoms with Gasteiger partial charge in [0.25, 0.3) is 0 Å². The van der Waals surface area contributed by atoms with E-state index in [1.807, 2.05) is 19.1 Å². The average Bonchev–Trinajstić information content (AvgIpc) is 2.33. The third-order valence-corrected chi connectivity index (χ3v) is 5.67. The van der Waals surface area contributed by atoms with Gasteiger partial charge in [0.05, 0.1) is 0 Å². The van der Waals surface area contributed by atoms with Crippen LogP contribution in [0, 0.1) is 6.92 Å². The summed E-state index contributed by atoms with van der Waals surface area (Å²) in [6, 6.07) is 6.12. The lowest BCUT2D eigenvalue weighted by Crippen LogP contribution is -2.55. The van der Waals surface area contributed by atoms with E-state index in [-0.39, 0.29) is 0 Å². The summed E-state index contributed by atoms with van der Waals surface area (Å²) in [5.41, 5.74) is 2.29. The van der Waals surface area contributed by atoms with Gasteiger partial charge in [-0.25, -0.2) is 0 Å².